The molecule has 198 valence electrons. The molecule has 1 aliphatic rings. The van der Waals surface area contributed by atoms with Crippen LogP contribution in [0.1, 0.15) is 24.0 Å². The summed E-state index contributed by atoms with van der Waals surface area (Å²) < 4.78 is 16.9. The Morgan fingerprint density at radius 1 is 1.13 bits per heavy atom. The van der Waals surface area contributed by atoms with Crippen molar-refractivity contribution in [3.8, 4) is 23.0 Å². The molecule has 2 heterocycles. The molecule has 1 saturated heterocycles. The zero-order valence-electron chi connectivity index (χ0n) is 21.2. The Labute approximate surface area is 229 Å². The van der Waals surface area contributed by atoms with Gasteiger partial charge in [-0.15, -0.1) is 0 Å². The molecule has 0 bridgehead atoms. The molecule has 1 unspecified atom stereocenters. The van der Waals surface area contributed by atoms with Crippen molar-refractivity contribution in [1.29, 1.82) is 5.41 Å². The number of ether oxygens (including phenoxy) is 3. The van der Waals surface area contributed by atoms with Crippen molar-refractivity contribution in [3.63, 3.8) is 0 Å². The van der Waals surface area contributed by atoms with Crippen LogP contribution in [0.3, 0.4) is 0 Å². The number of nitrogens with one attached hydrogen (secondary N) is 2. The van der Waals surface area contributed by atoms with E-state index in [2.05, 4.69) is 37.8 Å². The first-order valence-electron chi connectivity index (χ1n) is 11.9. The number of nitrogens with zero attached hydrogens (tertiary/aromatic N) is 3. The van der Waals surface area contributed by atoms with E-state index in [0.29, 0.717) is 57.5 Å². The highest BCUT2D eigenvalue weighted by Gasteiger charge is 2.26. The van der Waals surface area contributed by atoms with Crippen LogP contribution in [0.5, 0.6) is 23.0 Å². The molecule has 1 fully saturated rings. The third-order valence-electron chi connectivity index (χ3n) is 6.14. The van der Waals surface area contributed by atoms with E-state index in [9.17, 15) is 4.79 Å². The summed E-state index contributed by atoms with van der Waals surface area (Å²) in [6.07, 6.45) is 3.04. The number of carbonyl (C=O) groups excluding carboxylic acids is 1. The number of carbonyl (C=O) groups is 1. The van der Waals surface area contributed by atoms with Gasteiger partial charge in [-0.2, -0.15) is 0 Å². The zero-order chi connectivity index (χ0) is 27.2. The summed E-state index contributed by atoms with van der Waals surface area (Å²) >= 11 is 3.17. The fourth-order valence-electron chi connectivity index (χ4n) is 4.25. The van der Waals surface area contributed by atoms with E-state index in [1.165, 1.54) is 6.33 Å². The summed E-state index contributed by atoms with van der Waals surface area (Å²) in [6.45, 7) is 4.84. The zero-order valence-corrected chi connectivity index (χ0v) is 22.7. The van der Waals surface area contributed by atoms with Gasteiger partial charge in [0.1, 0.15) is 29.5 Å². The van der Waals surface area contributed by atoms with Gasteiger partial charge in [-0.3, -0.25) is 10.2 Å². The molecule has 11 heteroatoms. The second kappa shape index (κ2) is 12.0. The fourth-order valence-corrected chi connectivity index (χ4v) is 4.50. The van der Waals surface area contributed by atoms with E-state index in [4.69, 9.17) is 25.4 Å². The molecular weight excluding hydrogens is 552 g/mol. The van der Waals surface area contributed by atoms with E-state index < -0.39 is 0 Å². The van der Waals surface area contributed by atoms with Gasteiger partial charge in [0, 0.05) is 30.8 Å². The summed E-state index contributed by atoms with van der Waals surface area (Å²) in [5, 5.41) is 12.2. The van der Waals surface area contributed by atoms with Crippen molar-refractivity contribution < 1.29 is 19.0 Å². The van der Waals surface area contributed by atoms with Gasteiger partial charge in [0.05, 0.1) is 30.0 Å². The normalized spacial score (nSPS) is 14.9. The van der Waals surface area contributed by atoms with Gasteiger partial charge in [0.25, 0.3) is 5.91 Å². The predicted octanol–water partition coefficient (Wildman–Crippen LogP) is 4.60. The number of amides is 1. The van der Waals surface area contributed by atoms with Crippen LogP contribution in [0.15, 0.2) is 59.9 Å². The third kappa shape index (κ3) is 6.05. The second-order valence-electron chi connectivity index (χ2n) is 8.64. The SMILES string of the molecule is C=C(Br)C(=O)N1CCCC(Nc2ncnc(N)c2C(=N)c2ccc(Oc3ccc(OC)c(OC)c3)cc2)C1. The Morgan fingerprint density at radius 2 is 1.84 bits per heavy atom. The van der Waals surface area contributed by atoms with Crippen LogP contribution in [0.25, 0.3) is 0 Å². The number of nitrogens with two attached hydrogens (primary N) is 1. The molecule has 38 heavy (non-hydrogen) atoms. The Hall–Kier alpha value is -4.12. The topological polar surface area (TPSA) is 136 Å². The molecule has 4 N–H and O–H groups in total. The maximum absolute atomic E-state index is 12.4. The molecule has 1 amide bonds. The Bertz CT molecular complexity index is 1350. The molecule has 2 aromatic carbocycles. The van der Waals surface area contributed by atoms with E-state index in [1.807, 2.05) is 0 Å². The number of halogens is 1. The minimum atomic E-state index is -0.137. The van der Waals surface area contributed by atoms with Crippen LogP contribution in [0, 0.1) is 5.41 Å². The van der Waals surface area contributed by atoms with Gasteiger partial charge in [-0.25, -0.2) is 9.97 Å². The molecule has 10 nitrogen and oxygen atoms in total. The highest BCUT2D eigenvalue weighted by Crippen LogP contribution is 2.33. The summed E-state index contributed by atoms with van der Waals surface area (Å²) in [5.41, 5.74) is 7.38. The number of rotatable bonds is 9. The molecule has 0 spiro atoms. The summed E-state index contributed by atoms with van der Waals surface area (Å²) in [4.78, 5) is 22.6. The van der Waals surface area contributed by atoms with Crippen molar-refractivity contribution in [3.05, 3.63) is 71.0 Å². The number of aromatic nitrogens is 2. The van der Waals surface area contributed by atoms with Crippen molar-refractivity contribution in [2.45, 2.75) is 18.9 Å². The quantitative estimate of drug-likeness (QED) is 0.247. The maximum Gasteiger partial charge on any atom is 0.260 e. The van der Waals surface area contributed by atoms with Crippen LogP contribution >= 0.6 is 15.9 Å². The smallest absolute Gasteiger partial charge is 0.260 e. The lowest BCUT2D eigenvalue weighted by Crippen LogP contribution is -2.45. The van der Waals surface area contributed by atoms with Gasteiger partial charge in [-0.1, -0.05) is 6.58 Å². The minimum Gasteiger partial charge on any atom is -0.493 e. The van der Waals surface area contributed by atoms with Gasteiger partial charge < -0.3 is 30.2 Å². The first kappa shape index (κ1) is 26.9. The molecule has 0 saturated carbocycles. The minimum absolute atomic E-state index is 0.0577. The molecule has 4 rings (SSSR count). The Morgan fingerprint density at radius 3 is 2.53 bits per heavy atom. The van der Waals surface area contributed by atoms with Gasteiger partial charge in [-0.05, 0) is 65.2 Å². The average Bonchev–Trinajstić information content (AvgIpc) is 2.93. The number of likely N-dealkylation sites (tertiary alicyclic amines) is 1. The molecule has 0 aliphatic carbocycles. The first-order chi connectivity index (χ1) is 18.3. The number of hydrogen-bond acceptors (Lipinski definition) is 9. The number of piperidine rings is 1. The fraction of sp³-hybridized carbons (Fsp3) is 0.259. The van der Waals surface area contributed by atoms with Gasteiger partial charge in [0.15, 0.2) is 11.5 Å². The number of hydrogen-bond donors (Lipinski definition) is 3. The summed E-state index contributed by atoms with van der Waals surface area (Å²) in [5.74, 6) is 2.84. The van der Waals surface area contributed by atoms with Crippen molar-refractivity contribution in [2.75, 3.05) is 38.4 Å². The molecule has 3 aromatic rings. The molecule has 1 aliphatic heterocycles. The highest BCUT2D eigenvalue weighted by molar-refractivity contribution is 9.12. The predicted molar refractivity (Wildman–Crippen MR) is 150 cm³/mol. The van der Waals surface area contributed by atoms with Crippen LogP contribution in [-0.4, -0.2) is 59.8 Å². The number of methoxy groups -OCH3 is 2. The van der Waals surface area contributed by atoms with E-state index in [1.54, 1.807) is 61.6 Å². The summed E-state index contributed by atoms with van der Waals surface area (Å²) in [6, 6.07) is 12.3. The average molecular weight is 581 g/mol. The molecular formula is C27H29BrN6O4. The Kier molecular flexibility index (Phi) is 8.47. The highest BCUT2D eigenvalue weighted by atomic mass is 79.9. The number of benzene rings is 2. The van der Waals surface area contributed by atoms with Gasteiger partial charge in [0.2, 0.25) is 0 Å². The molecule has 0 radical (unpaired) electrons. The van der Waals surface area contributed by atoms with Crippen molar-refractivity contribution in [1.82, 2.24) is 14.9 Å². The van der Waals surface area contributed by atoms with Gasteiger partial charge >= 0.3 is 0 Å². The standard InChI is InChI=1S/C27H29BrN6O4/c1-16(28)27(35)34-12-4-5-18(14-34)33-26-23(25(30)31-15-32-26)24(29)17-6-8-19(9-7-17)38-20-10-11-21(36-2)22(13-20)37-3/h6-11,13,15,18,29H,1,4-5,12,14H2,2-3H3,(H3,30,31,32,33). The lowest BCUT2D eigenvalue weighted by molar-refractivity contribution is -0.127. The van der Waals surface area contributed by atoms with E-state index in [-0.39, 0.29) is 23.5 Å². The van der Waals surface area contributed by atoms with E-state index in [0.717, 1.165) is 12.8 Å². The largest absolute Gasteiger partial charge is 0.493 e. The maximum atomic E-state index is 12.4. The van der Waals surface area contributed by atoms with Crippen LogP contribution < -0.4 is 25.3 Å². The third-order valence-corrected chi connectivity index (χ3v) is 6.48. The monoisotopic (exact) mass is 580 g/mol. The lowest BCUT2D eigenvalue weighted by atomic mass is 10.0. The number of anilines is 2. The van der Waals surface area contributed by atoms with Crippen LogP contribution in [0.2, 0.25) is 0 Å². The van der Waals surface area contributed by atoms with Crippen molar-refractivity contribution >= 4 is 39.2 Å². The number of nitrogen functional groups attached to an aromatic ring is 1. The van der Waals surface area contributed by atoms with Crippen molar-refractivity contribution in [2.24, 2.45) is 0 Å². The second-order valence-corrected chi connectivity index (χ2v) is 9.60. The lowest BCUT2D eigenvalue weighted by Gasteiger charge is -2.33. The molecule has 1 atom stereocenters. The van der Waals surface area contributed by atoms with Crippen LogP contribution in [0.4, 0.5) is 11.6 Å². The first-order valence-corrected chi connectivity index (χ1v) is 12.7. The Balaban J connectivity index is 1.50. The molecule has 1 aromatic heterocycles. The van der Waals surface area contributed by atoms with Crippen LogP contribution in [-0.2, 0) is 4.79 Å². The van der Waals surface area contributed by atoms with E-state index >= 15 is 0 Å². The summed E-state index contributed by atoms with van der Waals surface area (Å²) in [7, 11) is 3.14.